The van der Waals surface area contributed by atoms with Gasteiger partial charge in [0.2, 0.25) is 10.0 Å². The molecule has 1 fully saturated rings. The Morgan fingerprint density at radius 2 is 1.88 bits per heavy atom. The van der Waals surface area contributed by atoms with Gasteiger partial charge in [-0.3, -0.25) is 0 Å². The third kappa shape index (κ3) is 5.17. The zero-order chi connectivity index (χ0) is 17.5. The van der Waals surface area contributed by atoms with Crippen LogP contribution in [0.5, 0.6) is 5.75 Å². The lowest BCUT2D eigenvalue weighted by Gasteiger charge is -2.37. The summed E-state index contributed by atoms with van der Waals surface area (Å²) >= 11 is 0. The van der Waals surface area contributed by atoms with Gasteiger partial charge >= 0.3 is 0 Å². The highest BCUT2D eigenvalue weighted by Crippen LogP contribution is 2.29. The Balaban J connectivity index is 2.01. The fraction of sp³-hybridized carbons (Fsp3) is 0.647. The minimum absolute atomic E-state index is 0.142. The second kappa shape index (κ2) is 8.80. The van der Waals surface area contributed by atoms with Crippen LogP contribution in [0.15, 0.2) is 29.2 Å². The first-order chi connectivity index (χ1) is 11.5. The minimum Gasteiger partial charge on any atom is -0.494 e. The molecule has 0 saturated carbocycles. The fourth-order valence-corrected chi connectivity index (χ4v) is 4.06. The lowest BCUT2D eigenvalue weighted by atomic mass is 9.80. The third-order valence-corrected chi connectivity index (χ3v) is 5.78. The molecule has 7 heteroatoms. The van der Waals surface area contributed by atoms with Crippen LogP contribution in [0, 0.1) is 5.41 Å². The maximum Gasteiger partial charge on any atom is 0.240 e. The Hall–Kier alpha value is -1.15. The van der Waals surface area contributed by atoms with Crippen LogP contribution < -0.4 is 14.8 Å². The number of nitrogens with one attached hydrogen (secondary N) is 2. The van der Waals surface area contributed by atoms with E-state index in [1.54, 1.807) is 31.4 Å². The van der Waals surface area contributed by atoms with E-state index in [-0.39, 0.29) is 10.3 Å². The SMILES string of the molecule is CCCOc1ccc(S(=O)(=O)NCC2(COC)CCNCC2)cc1. The van der Waals surface area contributed by atoms with Crippen molar-refractivity contribution in [3.63, 3.8) is 0 Å². The Bertz CT molecular complexity index is 590. The van der Waals surface area contributed by atoms with E-state index < -0.39 is 10.0 Å². The molecule has 136 valence electrons. The molecule has 0 unspecified atom stereocenters. The van der Waals surface area contributed by atoms with E-state index >= 15 is 0 Å². The molecule has 0 atom stereocenters. The van der Waals surface area contributed by atoms with Gasteiger partial charge in [-0.05, 0) is 56.6 Å². The number of hydrogen-bond acceptors (Lipinski definition) is 5. The van der Waals surface area contributed by atoms with Gasteiger partial charge in [-0.1, -0.05) is 6.92 Å². The van der Waals surface area contributed by atoms with Crippen molar-refractivity contribution in [3.8, 4) is 5.75 Å². The van der Waals surface area contributed by atoms with Crippen LogP contribution in [0.25, 0.3) is 0 Å². The van der Waals surface area contributed by atoms with Crippen molar-refractivity contribution in [2.75, 3.05) is 40.0 Å². The number of sulfonamides is 1. The van der Waals surface area contributed by atoms with Crippen LogP contribution in [0.3, 0.4) is 0 Å². The van der Waals surface area contributed by atoms with Crippen molar-refractivity contribution < 1.29 is 17.9 Å². The van der Waals surface area contributed by atoms with E-state index in [1.165, 1.54) is 0 Å². The molecule has 1 saturated heterocycles. The monoisotopic (exact) mass is 356 g/mol. The van der Waals surface area contributed by atoms with E-state index in [9.17, 15) is 8.42 Å². The van der Waals surface area contributed by atoms with Gasteiger partial charge in [0.15, 0.2) is 0 Å². The molecule has 6 nitrogen and oxygen atoms in total. The molecular formula is C17H28N2O4S. The average molecular weight is 356 g/mol. The average Bonchev–Trinajstić information content (AvgIpc) is 2.60. The highest BCUT2D eigenvalue weighted by molar-refractivity contribution is 7.89. The molecule has 24 heavy (non-hydrogen) atoms. The van der Waals surface area contributed by atoms with Crippen LogP contribution in [0.4, 0.5) is 0 Å². The first kappa shape index (κ1) is 19.2. The van der Waals surface area contributed by atoms with Crippen LogP contribution in [-0.4, -0.2) is 48.4 Å². The normalized spacial score (nSPS) is 17.6. The number of rotatable bonds is 9. The summed E-state index contributed by atoms with van der Waals surface area (Å²) in [5.74, 6) is 0.685. The molecule has 0 bridgehead atoms. The molecule has 2 rings (SSSR count). The van der Waals surface area contributed by atoms with Crippen molar-refractivity contribution in [2.45, 2.75) is 31.1 Å². The lowest BCUT2D eigenvalue weighted by molar-refractivity contribution is 0.0577. The van der Waals surface area contributed by atoms with E-state index in [2.05, 4.69) is 10.0 Å². The molecule has 1 aliphatic rings. The van der Waals surface area contributed by atoms with Gasteiger partial charge in [-0.2, -0.15) is 0 Å². The Kier molecular flexibility index (Phi) is 7.03. The summed E-state index contributed by atoms with van der Waals surface area (Å²) in [6.07, 6.45) is 2.71. The predicted octanol–water partition coefficient (Wildman–Crippen LogP) is 1.77. The standard InChI is InChI=1S/C17H28N2O4S/c1-3-12-23-15-4-6-16(7-5-15)24(20,21)19-13-17(14-22-2)8-10-18-11-9-17/h4-7,18-19H,3,8-14H2,1-2H3. The molecule has 0 spiro atoms. The summed E-state index contributed by atoms with van der Waals surface area (Å²) in [5.41, 5.74) is -0.142. The molecule has 0 aliphatic carbocycles. The second-order valence-electron chi connectivity index (χ2n) is 6.33. The van der Waals surface area contributed by atoms with Gasteiger partial charge in [0.05, 0.1) is 18.1 Å². The van der Waals surface area contributed by atoms with Gasteiger partial charge in [0.1, 0.15) is 5.75 Å². The number of benzene rings is 1. The predicted molar refractivity (Wildman–Crippen MR) is 93.8 cm³/mol. The van der Waals surface area contributed by atoms with E-state index in [1.807, 2.05) is 6.92 Å². The van der Waals surface area contributed by atoms with Crippen LogP contribution in [-0.2, 0) is 14.8 Å². The molecule has 1 aliphatic heterocycles. The Morgan fingerprint density at radius 3 is 2.46 bits per heavy atom. The molecule has 0 aromatic heterocycles. The smallest absolute Gasteiger partial charge is 0.240 e. The Labute approximate surface area is 145 Å². The summed E-state index contributed by atoms with van der Waals surface area (Å²) in [6.45, 7) is 5.36. The number of hydrogen-bond donors (Lipinski definition) is 2. The van der Waals surface area contributed by atoms with E-state index in [4.69, 9.17) is 9.47 Å². The van der Waals surface area contributed by atoms with Gasteiger partial charge in [-0.15, -0.1) is 0 Å². The minimum atomic E-state index is -3.53. The van der Waals surface area contributed by atoms with Gasteiger partial charge < -0.3 is 14.8 Å². The first-order valence-corrected chi connectivity index (χ1v) is 9.92. The van der Waals surface area contributed by atoms with Gasteiger partial charge in [-0.25, -0.2) is 13.1 Å². The quantitative estimate of drug-likeness (QED) is 0.705. The van der Waals surface area contributed by atoms with Crippen molar-refractivity contribution in [2.24, 2.45) is 5.41 Å². The van der Waals surface area contributed by atoms with Gasteiger partial charge in [0.25, 0.3) is 0 Å². The van der Waals surface area contributed by atoms with Crippen LogP contribution in [0.2, 0.25) is 0 Å². The third-order valence-electron chi connectivity index (χ3n) is 4.36. The Morgan fingerprint density at radius 1 is 1.21 bits per heavy atom. The maximum atomic E-state index is 12.5. The number of piperidine rings is 1. The van der Waals surface area contributed by atoms with E-state index in [0.717, 1.165) is 32.4 Å². The van der Waals surface area contributed by atoms with E-state index in [0.29, 0.717) is 25.5 Å². The molecular weight excluding hydrogens is 328 g/mol. The second-order valence-corrected chi connectivity index (χ2v) is 8.09. The molecule has 2 N–H and O–H groups in total. The lowest BCUT2D eigenvalue weighted by Crippen LogP contribution is -2.47. The number of methoxy groups -OCH3 is 1. The highest BCUT2D eigenvalue weighted by Gasteiger charge is 2.33. The summed E-state index contributed by atoms with van der Waals surface area (Å²) in [4.78, 5) is 0.257. The summed E-state index contributed by atoms with van der Waals surface area (Å²) in [7, 11) is -1.87. The number of ether oxygens (including phenoxy) is 2. The topological polar surface area (TPSA) is 76.7 Å². The first-order valence-electron chi connectivity index (χ1n) is 8.43. The van der Waals surface area contributed by atoms with Crippen molar-refractivity contribution in [1.82, 2.24) is 10.0 Å². The molecule has 0 radical (unpaired) electrons. The van der Waals surface area contributed by atoms with Gasteiger partial charge in [0, 0.05) is 19.1 Å². The molecule has 1 heterocycles. The van der Waals surface area contributed by atoms with Crippen molar-refractivity contribution in [3.05, 3.63) is 24.3 Å². The zero-order valence-corrected chi connectivity index (χ0v) is 15.3. The summed E-state index contributed by atoms with van der Waals surface area (Å²) in [6, 6.07) is 6.55. The molecule has 0 amide bonds. The van der Waals surface area contributed by atoms with Crippen LogP contribution >= 0.6 is 0 Å². The molecule has 1 aromatic rings. The largest absolute Gasteiger partial charge is 0.494 e. The van der Waals surface area contributed by atoms with Crippen molar-refractivity contribution >= 4 is 10.0 Å². The summed E-state index contributed by atoms with van der Waals surface area (Å²) in [5, 5.41) is 3.30. The fourth-order valence-electron chi connectivity index (χ4n) is 2.90. The highest BCUT2D eigenvalue weighted by atomic mass is 32.2. The molecule has 1 aromatic carbocycles. The summed E-state index contributed by atoms with van der Waals surface area (Å²) < 4.78 is 38.7. The van der Waals surface area contributed by atoms with Crippen molar-refractivity contribution in [1.29, 1.82) is 0 Å². The zero-order valence-electron chi connectivity index (χ0n) is 14.5. The maximum absolute atomic E-state index is 12.5. The van der Waals surface area contributed by atoms with Crippen LogP contribution in [0.1, 0.15) is 26.2 Å².